The quantitative estimate of drug-likeness (QED) is 0.585. The van der Waals surface area contributed by atoms with Crippen LogP contribution in [0.3, 0.4) is 0 Å². The second-order valence-electron chi connectivity index (χ2n) is 1.72. The summed E-state index contributed by atoms with van der Waals surface area (Å²) in [6.45, 7) is 0. The molecule has 1 nitrogen and oxygen atoms in total. The van der Waals surface area contributed by atoms with E-state index >= 15 is 0 Å². The van der Waals surface area contributed by atoms with Gasteiger partial charge in [-0.2, -0.15) is 0 Å². The molecule has 1 aromatic carbocycles. The zero-order valence-electron chi connectivity index (χ0n) is 5.10. The van der Waals surface area contributed by atoms with E-state index in [0.29, 0.717) is 0 Å². The summed E-state index contributed by atoms with van der Waals surface area (Å²) in [5.74, 6) is -1.42. The molecule has 1 radical (unpaired) electrons. The van der Waals surface area contributed by atoms with Gasteiger partial charge in [0.1, 0.15) is 12.9 Å². The Balaban J connectivity index is 3.07. The second kappa shape index (κ2) is 2.64. The molecule has 0 aliphatic rings. The lowest BCUT2D eigenvalue weighted by molar-refractivity contribution is 0.430. The van der Waals surface area contributed by atoms with Crippen LogP contribution in [0.5, 0.6) is 5.75 Å². The van der Waals surface area contributed by atoms with Gasteiger partial charge >= 0.3 is 0 Å². The number of rotatable bonds is 1. The molecule has 0 saturated heterocycles. The topological polar surface area (TPSA) is 9.23 Å². The molecule has 3 heteroatoms. The van der Waals surface area contributed by atoms with Crippen molar-refractivity contribution in [2.24, 2.45) is 0 Å². The van der Waals surface area contributed by atoms with Gasteiger partial charge in [-0.25, -0.2) is 8.78 Å². The molecule has 0 atom stereocenters. The molecule has 53 valence electrons. The summed E-state index contributed by atoms with van der Waals surface area (Å²) < 4.78 is 28.9. The lowest BCUT2D eigenvalue weighted by atomic mass is 10.3. The first-order chi connectivity index (χ1) is 4.74. The van der Waals surface area contributed by atoms with Gasteiger partial charge in [-0.05, 0) is 12.1 Å². The van der Waals surface area contributed by atoms with E-state index in [2.05, 4.69) is 11.8 Å². The van der Waals surface area contributed by atoms with E-state index in [4.69, 9.17) is 0 Å². The van der Waals surface area contributed by atoms with Gasteiger partial charge in [0.25, 0.3) is 0 Å². The van der Waals surface area contributed by atoms with Crippen LogP contribution in [0.15, 0.2) is 18.2 Å². The lowest BCUT2D eigenvalue weighted by Gasteiger charge is -1.98. The number of hydrogen-bond donors (Lipinski definition) is 0. The predicted molar refractivity (Wildman–Crippen MR) is 32.3 cm³/mol. The van der Waals surface area contributed by atoms with Gasteiger partial charge in [0.2, 0.25) is 0 Å². The summed E-state index contributed by atoms with van der Waals surface area (Å²) in [6, 6.07) is 3.02. The summed E-state index contributed by atoms with van der Waals surface area (Å²) in [4.78, 5) is 0. The molecule has 0 unspecified atom stereocenters. The fraction of sp³-hybridized carbons (Fsp3) is 0. The van der Waals surface area contributed by atoms with Crippen molar-refractivity contribution in [1.29, 1.82) is 0 Å². The van der Waals surface area contributed by atoms with Gasteiger partial charge in [-0.1, -0.05) is 0 Å². The Kier molecular flexibility index (Phi) is 1.85. The average molecular weight is 143 g/mol. The van der Waals surface area contributed by atoms with Crippen LogP contribution in [0, 0.1) is 18.7 Å². The maximum absolute atomic E-state index is 12.4. The Morgan fingerprint density at radius 1 is 1.30 bits per heavy atom. The minimum absolute atomic E-state index is 0.0543. The van der Waals surface area contributed by atoms with Crippen LogP contribution in [0.4, 0.5) is 8.78 Å². The van der Waals surface area contributed by atoms with Gasteiger partial charge in [-0.15, -0.1) is 0 Å². The number of halogens is 2. The van der Waals surface area contributed by atoms with E-state index in [1.165, 1.54) is 6.07 Å². The Morgan fingerprint density at radius 3 is 2.50 bits per heavy atom. The first kappa shape index (κ1) is 6.99. The van der Waals surface area contributed by atoms with E-state index in [1.807, 2.05) is 0 Å². The smallest absolute Gasteiger partial charge is 0.167 e. The highest BCUT2D eigenvalue weighted by atomic mass is 19.1. The third-order valence-corrected chi connectivity index (χ3v) is 1.05. The molecule has 0 bridgehead atoms. The molecule has 0 saturated carbocycles. The fourth-order valence-electron chi connectivity index (χ4n) is 0.592. The van der Waals surface area contributed by atoms with Crippen LogP contribution in [-0.4, -0.2) is 0 Å². The van der Waals surface area contributed by atoms with Crippen molar-refractivity contribution in [3.05, 3.63) is 36.9 Å². The molecular weight excluding hydrogens is 138 g/mol. The van der Waals surface area contributed by atoms with Crippen LogP contribution in [0.1, 0.15) is 0 Å². The van der Waals surface area contributed by atoms with Gasteiger partial charge in [0.15, 0.2) is 11.6 Å². The van der Waals surface area contributed by atoms with Crippen molar-refractivity contribution in [3.8, 4) is 5.75 Å². The SMILES string of the molecule is [CH2]Oc1ccc(F)cc1F. The Hall–Kier alpha value is -1.12. The molecule has 1 rings (SSSR count). The Labute approximate surface area is 57.2 Å². The maximum atomic E-state index is 12.4. The van der Waals surface area contributed by atoms with E-state index in [9.17, 15) is 8.78 Å². The normalized spacial score (nSPS) is 9.50. The first-order valence-electron chi connectivity index (χ1n) is 2.61. The van der Waals surface area contributed by atoms with Gasteiger partial charge < -0.3 is 4.74 Å². The monoisotopic (exact) mass is 143 g/mol. The molecule has 0 aromatic heterocycles. The summed E-state index contributed by atoms with van der Waals surface area (Å²) in [6.07, 6.45) is 0. The third kappa shape index (κ3) is 1.23. The predicted octanol–water partition coefficient (Wildman–Crippen LogP) is 2.14. The maximum Gasteiger partial charge on any atom is 0.167 e. The molecule has 10 heavy (non-hydrogen) atoms. The molecule has 0 N–H and O–H groups in total. The van der Waals surface area contributed by atoms with Crippen LogP contribution in [0.25, 0.3) is 0 Å². The molecular formula is C7H5F2O. The highest BCUT2D eigenvalue weighted by Gasteiger charge is 2.01. The van der Waals surface area contributed by atoms with Gasteiger partial charge in [-0.3, -0.25) is 0 Å². The standard InChI is InChI=1S/C7H5F2O/c1-10-7-3-2-5(8)4-6(7)9/h2-4H,1H2. The van der Waals surface area contributed by atoms with E-state index < -0.39 is 11.6 Å². The lowest BCUT2D eigenvalue weighted by Crippen LogP contribution is -1.85. The zero-order valence-corrected chi connectivity index (χ0v) is 5.10. The number of ether oxygens (including phenoxy) is 1. The molecule has 0 amide bonds. The van der Waals surface area contributed by atoms with Gasteiger partial charge in [0, 0.05) is 6.07 Å². The molecule has 0 heterocycles. The zero-order chi connectivity index (χ0) is 7.56. The minimum Gasteiger partial charge on any atom is -0.487 e. The van der Waals surface area contributed by atoms with Crippen molar-refractivity contribution in [3.63, 3.8) is 0 Å². The summed E-state index contributed by atoms with van der Waals surface area (Å²) in [7, 11) is 2.98. The highest BCUT2D eigenvalue weighted by Crippen LogP contribution is 2.16. The first-order valence-corrected chi connectivity index (χ1v) is 2.61. The van der Waals surface area contributed by atoms with Crippen LogP contribution < -0.4 is 4.74 Å². The molecule has 0 aliphatic carbocycles. The van der Waals surface area contributed by atoms with Crippen molar-refractivity contribution in [2.45, 2.75) is 0 Å². The minimum atomic E-state index is -0.741. The van der Waals surface area contributed by atoms with Crippen molar-refractivity contribution < 1.29 is 13.5 Å². The van der Waals surface area contributed by atoms with Crippen LogP contribution in [0.2, 0.25) is 0 Å². The largest absolute Gasteiger partial charge is 0.487 e. The van der Waals surface area contributed by atoms with Crippen LogP contribution in [-0.2, 0) is 0 Å². The average Bonchev–Trinajstić information content (AvgIpc) is 1.88. The Morgan fingerprint density at radius 2 is 2.00 bits per heavy atom. The van der Waals surface area contributed by atoms with Gasteiger partial charge in [0.05, 0.1) is 0 Å². The third-order valence-electron chi connectivity index (χ3n) is 1.05. The summed E-state index contributed by atoms with van der Waals surface area (Å²) >= 11 is 0. The Bertz CT molecular complexity index is 235. The number of benzene rings is 1. The van der Waals surface area contributed by atoms with Crippen LogP contribution >= 0.6 is 0 Å². The van der Waals surface area contributed by atoms with E-state index in [0.717, 1.165) is 12.1 Å². The fourth-order valence-corrected chi connectivity index (χ4v) is 0.592. The molecule has 1 aromatic rings. The summed E-state index contributed by atoms with van der Waals surface area (Å²) in [5.41, 5.74) is 0. The van der Waals surface area contributed by atoms with E-state index in [1.54, 1.807) is 0 Å². The molecule has 0 spiro atoms. The molecule has 0 aliphatic heterocycles. The van der Waals surface area contributed by atoms with Crippen molar-refractivity contribution >= 4 is 0 Å². The highest BCUT2D eigenvalue weighted by molar-refractivity contribution is 5.24. The van der Waals surface area contributed by atoms with E-state index in [-0.39, 0.29) is 5.75 Å². The molecule has 0 fully saturated rings. The van der Waals surface area contributed by atoms with Crippen molar-refractivity contribution in [2.75, 3.05) is 0 Å². The number of hydrogen-bond acceptors (Lipinski definition) is 1. The van der Waals surface area contributed by atoms with Crippen molar-refractivity contribution in [1.82, 2.24) is 0 Å². The second-order valence-corrected chi connectivity index (χ2v) is 1.72. The summed E-state index contributed by atoms with van der Waals surface area (Å²) in [5, 5.41) is 0.